The molecule has 1 aliphatic rings. The van der Waals surface area contributed by atoms with Gasteiger partial charge in [0.25, 0.3) is 0 Å². The molecule has 0 spiro atoms. The van der Waals surface area contributed by atoms with Crippen LogP contribution in [-0.4, -0.2) is 18.1 Å². The summed E-state index contributed by atoms with van der Waals surface area (Å²) in [4.78, 5) is 6.26. The van der Waals surface area contributed by atoms with Crippen molar-refractivity contribution in [3.63, 3.8) is 0 Å². The number of hydrogen-bond acceptors (Lipinski definition) is 4. The van der Waals surface area contributed by atoms with Gasteiger partial charge in [0.15, 0.2) is 0 Å². The van der Waals surface area contributed by atoms with Crippen molar-refractivity contribution in [3.05, 3.63) is 15.6 Å². The van der Waals surface area contributed by atoms with E-state index in [0.29, 0.717) is 12.0 Å². The van der Waals surface area contributed by atoms with Crippen molar-refractivity contribution in [1.82, 2.24) is 10.3 Å². The van der Waals surface area contributed by atoms with E-state index in [-0.39, 0.29) is 6.10 Å². The van der Waals surface area contributed by atoms with E-state index in [1.807, 2.05) is 11.3 Å². The summed E-state index contributed by atoms with van der Waals surface area (Å²) in [7, 11) is 1.78. The lowest BCUT2D eigenvalue weighted by molar-refractivity contribution is 0.0996. The summed E-state index contributed by atoms with van der Waals surface area (Å²) in [6.45, 7) is 7.46. The van der Waals surface area contributed by atoms with Crippen molar-refractivity contribution in [2.45, 2.75) is 64.6 Å². The molecule has 1 aromatic rings. The Hall–Kier alpha value is -0.450. The Morgan fingerprint density at radius 1 is 1.44 bits per heavy atom. The molecular formula is C14H24N2OS. The first kappa shape index (κ1) is 14.0. The molecule has 1 atom stereocenters. The van der Waals surface area contributed by atoms with Gasteiger partial charge in [0.2, 0.25) is 0 Å². The molecule has 18 heavy (non-hydrogen) atoms. The molecule has 1 saturated carbocycles. The lowest BCUT2D eigenvalue weighted by Crippen LogP contribution is -2.21. The van der Waals surface area contributed by atoms with Crippen LogP contribution < -0.4 is 5.32 Å². The van der Waals surface area contributed by atoms with Gasteiger partial charge in [-0.3, -0.25) is 0 Å². The van der Waals surface area contributed by atoms with Crippen LogP contribution in [-0.2, 0) is 11.3 Å². The highest BCUT2D eigenvalue weighted by molar-refractivity contribution is 7.11. The number of hydrogen-bond donors (Lipinski definition) is 1. The third kappa shape index (κ3) is 3.31. The molecule has 1 aliphatic carbocycles. The van der Waals surface area contributed by atoms with E-state index in [4.69, 9.17) is 9.72 Å². The summed E-state index contributed by atoms with van der Waals surface area (Å²) in [5.41, 5.74) is 1.33. The Morgan fingerprint density at radius 3 is 2.67 bits per heavy atom. The quantitative estimate of drug-likeness (QED) is 0.820. The van der Waals surface area contributed by atoms with Gasteiger partial charge in [-0.25, -0.2) is 4.98 Å². The minimum atomic E-state index is 0.167. The fraction of sp³-hybridized carbons (Fsp3) is 0.786. The zero-order chi connectivity index (χ0) is 13.1. The summed E-state index contributed by atoms with van der Waals surface area (Å²) >= 11 is 1.83. The number of thiazole rings is 1. The minimum absolute atomic E-state index is 0.167. The molecule has 0 bridgehead atoms. The highest BCUT2D eigenvalue weighted by Gasteiger charge is 2.30. The SMILES string of the molecule is CCC(OC)c1nc(C2CC2)c(CNC(C)C)s1. The Morgan fingerprint density at radius 2 is 2.17 bits per heavy atom. The van der Waals surface area contributed by atoms with Crippen molar-refractivity contribution in [2.24, 2.45) is 0 Å². The second-order valence-corrected chi connectivity index (χ2v) is 6.42. The predicted molar refractivity (Wildman–Crippen MR) is 76.1 cm³/mol. The Balaban J connectivity index is 2.15. The van der Waals surface area contributed by atoms with E-state index < -0.39 is 0 Å². The highest BCUT2D eigenvalue weighted by atomic mass is 32.1. The molecule has 0 aliphatic heterocycles. The summed E-state index contributed by atoms with van der Waals surface area (Å²) < 4.78 is 5.51. The molecule has 4 heteroatoms. The van der Waals surface area contributed by atoms with Crippen LogP contribution >= 0.6 is 11.3 Å². The summed E-state index contributed by atoms with van der Waals surface area (Å²) in [5.74, 6) is 0.716. The Labute approximate surface area is 114 Å². The van der Waals surface area contributed by atoms with Crippen molar-refractivity contribution in [1.29, 1.82) is 0 Å². The molecule has 0 radical (unpaired) electrons. The number of ether oxygens (including phenoxy) is 1. The molecule has 3 nitrogen and oxygen atoms in total. The largest absolute Gasteiger partial charge is 0.374 e. The highest BCUT2D eigenvalue weighted by Crippen LogP contribution is 2.43. The summed E-state index contributed by atoms with van der Waals surface area (Å²) in [5, 5.41) is 4.66. The van der Waals surface area contributed by atoms with Gasteiger partial charge in [-0.15, -0.1) is 11.3 Å². The van der Waals surface area contributed by atoms with Crippen LogP contribution in [0.2, 0.25) is 0 Å². The maximum absolute atomic E-state index is 5.51. The molecular weight excluding hydrogens is 244 g/mol. The van der Waals surface area contributed by atoms with Gasteiger partial charge in [0, 0.05) is 30.5 Å². The molecule has 2 rings (SSSR count). The average molecular weight is 268 g/mol. The first-order chi connectivity index (χ1) is 8.65. The number of nitrogens with zero attached hydrogens (tertiary/aromatic N) is 1. The van der Waals surface area contributed by atoms with Crippen LogP contribution in [0.5, 0.6) is 0 Å². The number of methoxy groups -OCH3 is 1. The molecule has 1 N–H and O–H groups in total. The Kier molecular flexibility index (Phi) is 4.76. The third-order valence-corrected chi connectivity index (χ3v) is 4.47. The van der Waals surface area contributed by atoms with Gasteiger partial charge in [0.1, 0.15) is 11.1 Å². The molecule has 1 heterocycles. The van der Waals surface area contributed by atoms with Crippen LogP contribution in [0.1, 0.15) is 67.6 Å². The maximum atomic E-state index is 5.51. The van der Waals surface area contributed by atoms with E-state index >= 15 is 0 Å². The van der Waals surface area contributed by atoms with Crippen molar-refractivity contribution in [2.75, 3.05) is 7.11 Å². The van der Waals surface area contributed by atoms with Crippen molar-refractivity contribution < 1.29 is 4.74 Å². The van der Waals surface area contributed by atoms with Crippen LogP contribution in [0.4, 0.5) is 0 Å². The number of aromatic nitrogens is 1. The van der Waals surface area contributed by atoms with E-state index in [1.165, 1.54) is 23.4 Å². The minimum Gasteiger partial charge on any atom is -0.374 e. The van der Waals surface area contributed by atoms with E-state index in [2.05, 4.69) is 26.1 Å². The van der Waals surface area contributed by atoms with Gasteiger partial charge >= 0.3 is 0 Å². The first-order valence-electron chi connectivity index (χ1n) is 6.91. The summed E-state index contributed by atoms with van der Waals surface area (Å²) in [6.07, 6.45) is 3.77. The van der Waals surface area contributed by atoms with Gasteiger partial charge in [-0.2, -0.15) is 0 Å². The second-order valence-electron chi connectivity index (χ2n) is 5.30. The predicted octanol–water partition coefficient (Wildman–Crippen LogP) is 3.62. The van der Waals surface area contributed by atoms with Gasteiger partial charge in [-0.1, -0.05) is 20.8 Å². The van der Waals surface area contributed by atoms with E-state index in [1.54, 1.807) is 7.11 Å². The fourth-order valence-corrected chi connectivity index (χ4v) is 3.32. The van der Waals surface area contributed by atoms with Gasteiger partial charge in [-0.05, 0) is 19.3 Å². The molecule has 1 aromatic heterocycles. The fourth-order valence-electron chi connectivity index (χ4n) is 2.06. The van der Waals surface area contributed by atoms with E-state index in [0.717, 1.165) is 18.0 Å². The van der Waals surface area contributed by atoms with Crippen molar-refractivity contribution in [3.8, 4) is 0 Å². The Bertz CT molecular complexity index is 381. The number of nitrogens with one attached hydrogen (secondary N) is 1. The molecule has 1 fully saturated rings. The van der Waals surface area contributed by atoms with Crippen molar-refractivity contribution >= 4 is 11.3 Å². The van der Waals surface area contributed by atoms with Crippen LogP contribution in [0, 0.1) is 0 Å². The van der Waals surface area contributed by atoms with Gasteiger partial charge in [0.05, 0.1) is 5.69 Å². The molecule has 0 amide bonds. The normalized spacial score (nSPS) is 17.4. The van der Waals surface area contributed by atoms with Crippen LogP contribution in [0.15, 0.2) is 0 Å². The zero-order valence-corrected chi connectivity index (χ0v) is 12.6. The zero-order valence-electron chi connectivity index (χ0n) is 11.8. The van der Waals surface area contributed by atoms with E-state index in [9.17, 15) is 0 Å². The molecule has 0 saturated heterocycles. The summed E-state index contributed by atoms with van der Waals surface area (Å²) in [6, 6.07) is 0.520. The molecule has 102 valence electrons. The average Bonchev–Trinajstić information content (AvgIpc) is 3.10. The first-order valence-corrected chi connectivity index (χ1v) is 7.73. The lowest BCUT2D eigenvalue weighted by Gasteiger charge is -2.08. The lowest BCUT2D eigenvalue weighted by atomic mass is 10.2. The topological polar surface area (TPSA) is 34.1 Å². The smallest absolute Gasteiger partial charge is 0.122 e. The third-order valence-electron chi connectivity index (χ3n) is 3.31. The second kappa shape index (κ2) is 6.13. The monoisotopic (exact) mass is 268 g/mol. The van der Waals surface area contributed by atoms with Crippen LogP contribution in [0.3, 0.4) is 0 Å². The number of rotatable bonds is 7. The standard InChI is InChI=1S/C14H24N2OS/c1-5-11(17-4)14-16-13(10-6-7-10)12(18-14)8-15-9(2)3/h9-11,15H,5-8H2,1-4H3. The van der Waals surface area contributed by atoms with Crippen LogP contribution in [0.25, 0.3) is 0 Å². The molecule has 1 unspecified atom stereocenters. The maximum Gasteiger partial charge on any atom is 0.122 e. The van der Waals surface area contributed by atoms with Gasteiger partial charge < -0.3 is 10.1 Å². The molecule has 0 aromatic carbocycles.